The molecule has 0 aromatic heterocycles. The van der Waals surface area contributed by atoms with Gasteiger partial charge in [0.15, 0.2) is 0 Å². The lowest BCUT2D eigenvalue weighted by atomic mass is 9.83. The second-order valence-corrected chi connectivity index (χ2v) is 5.76. The van der Waals surface area contributed by atoms with Crippen molar-refractivity contribution in [2.45, 2.75) is 63.6 Å². The van der Waals surface area contributed by atoms with E-state index in [1.54, 1.807) is 7.11 Å². The second-order valence-electron chi connectivity index (χ2n) is 5.76. The van der Waals surface area contributed by atoms with E-state index in [0.29, 0.717) is 5.92 Å². The molecule has 2 heteroatoms. The zero-order valence-electron chi connectivity index (χ0n) is 11.0. The smallest absolute Gasteiger partial charge is 0.0601 e. The van der Waals surface area contributed by atoms with E-state index in [2.05, 4.69) is 12.2 Å². The van der Waals surface area contributed by atoms with Crippen LogP contribution in [0.2, 0.25) is 0 Å². The largest absolute Gasteiger partial charge is 0.393 e. The Morgan fingerprint density at radius 3 is 2.35 bits per heavy atom. The van der Waals surface area contributed by atoms with Crippen LogP contribution in [0.5, 0.6) is 0 Å². The number of methoxy groups -OCH3 is 1. The van der Waals surface area contributed by atoms with Gasteiger partial charge in [0.05, 0.1) is 12.2 Å². The van der Waals surface area contributed by atoms with Crippen LogP contribution in [0.3, 0.4) is 0 Å². The summed E-state index contributed by atoms with van der Waals surface area (Å²) in [7, 11) is 1.75. The summed E-state index contributed by atoms with van der Waals surface area (Å²) in [6.45, 7) is 0. The Balaban J connectivity index is 1.82. The fourth-order valence-corrected chi connectivity index (χ4v) is 3.27. The minimum absolute atomic E-state index is 0.172. The number of aliphatic hydroxyl groups is 1. The first-order valence-corrected chi connectivity index (χ1v) is 7.17. The first-order chi connectivity index (χ1) is 8.28. The quantitative estimate of drug-likeness (QED) is 0.764. The van der Waals surface area contributed by atoms with Crippen LogP contribution in [0, 0.1) is 11.8 Å². The number of hydrogen-bond acceptors (Lipinski definition) is 2. The van der Waals surface area contributed by atoms with Gasteiger partial charge in [0.25, 0.3) is 0 Å². The van der Waals surface area contributed by atoms with Crippen LogP contribution in [0.25, 0.3) is 0 Å². The fraction of sp³-hybridized carbons (Fsp3) is 0.867. The molecule has 0 heterocycles. The highest BCUT2D eigenvalue weighted by molar-refractivity contribution is 4.97. The van der Waals surface area contributed by atoms with E-state index in [-0.39, 0.29) is 12.2 Å². The average Bonchev–Trinajstić information content (AvgIpc) is 2.37. The maximum absolute atomic E-state index is 9.80. The lowest BCUT2D eigenvalue weighted by molar-refractivity contribution is -0.00233. The topological polar surface area (TPSA) is 29.5 Å². The molecule has 1 N–H and O–H groups in total. The van der Waals surface area contributed by atoms with E-state index in [0.717, 1.165) is 25.2 Å². The van der Waals surface area contributed by atoms with Crippen molar-refractivity contribution in [3.05, 3.63) is 12.2 Å². The number of allylic oxidation sites excluding steroid dienone is 2. The first-order valence-electron chi connectivity index (χ1n) is 7.17. The minimum Gasteiger partial charge on any atom is -0.393 e. The van der Waals surface area contributed by atoms with Crippen molar-refractivity contribution in [3.8, 4) is 0 Å². The van der Waals surface area contributed by atoms with Gasteiger partial charge in [0.1, 0.15) is 0 Å². The summed E-state index contributed by atoms with van der Waals surface area (Å²) in [5.41, 5.74) is 0. The molecule has 0 radical (unpaired) electrons. The highest BCUT2D eigenvalue weighted by Crippen LogP contribution is 2.30. The molecule has 17 heavy (non-hydrogen) atoms. The van der Waals surface area contributed by atoms with Crippen LogP contribution in [0.1, 0.15) is 51.4 Å². The predicted octanol–water partition coefficient (Wildman–Crippen LogP) is 3.30. The van der Waals surface area contributed by atoms with Crippen molar-refractivity contribution in [2.24, 2.45) is 11.8 Å². The van der Waals surface area contributed by atoms with Gasteiger partial charge < -0.3 is 9.84 Å². The molecule has 0 aliphatic heterocycles. The van der Waals surface area contributed by atoms with Gasteiger partial charge in [-0.2, -0.15) is 0 Å². The van der Waals surface area contributed by atoms with Crippen molar-refractivity contribution >= 4 is 0 Å². The molecule has 2 saturated carbocycles. The van der Waals surface area contributed by atoms with Gasteiger partial charge in [0, 0.05) is 7.11 Å². The monoisotopic (exact) mass is 238 g/mol. The Kier molecular flexibility index (Phi) is 5.05. The molecule has 0 aromatic carbocycles. The van der Waals surface area contributed by atoms with Crippen molar-refractivity contribution in [1.29, 1.82) is 0 Å². The Labute approximate surface area is 105 Å². The maximum Gasteiger partial charge on any atom is 0.0601 e. The van der Waals surface area contributed by atoms with Gasteiger partial charge in [-0.15, -0.1) is 0 Å². The van der Waals surface area contributed by atoms with E-state index in [1.807, 2.05) is 0 Å². The van der Waals surface area contributed by atoms with Crippen LogP contribution in [-0.2, 0) is 4.74 Å². The third-order valence-electron chi connectivity index (χ3n) is 4.31. The van der Waals surface area contributed by atoms with Gasteiger partial charge >= 0.3 is 0 Å². The lowest BCUT2D eigenvalue weighted by Crippen LogP contribution is -2.30. The molecule has 2 rings (SSSR count). The molecular weight excluding hydrogens is 212 g/mol. The third-order valence-corrected chi connectivity index (χ3v) is 4.31. The predicted molar refractivity (Wildman–Crippen MR) is 69.9 cm³/mol. The molecule has 2 nitrogen and oxygen atoms in total. The molecule has 0 amide bonds. The van der Waals surface area contributed by atoms with Crippen LogP contribution < -0.4 is 0 Å². The van der Waals surface area contributed by atoms with Crippen molar-refractivity contribution in [2.75, 3.05) is 7.11 Å². The summed E-state index contributed by atoms with van der Waals surface area (Å²) >= 11 is 0. The molecule has 2 aliphatic rings. The van der Waals surface area contributed by atoms with E-state index in [4.69, 9.17) is 4.74 Å². The van der Waals surface area contributed by atoms with E-state index in [9.17, 15) is 5.11 Å². The SMILES string of the molecule is COC1CC(O)CC(/C=C/C2CCCCC2)C1. The Morgan fingerprint density at radius 2 is 1.65 bits per heavy atom. The fourth-order valence-electron chi connectivity index (χ4n) is 3.27. The average molecular weight is 238 g/mol. The summed E-state index contributed by atoms with van der Waals surface area (Å²) in [5, 5.41) is 9.80. The summed E-state index contributed by atoms with van der Waals surface area (Å²) in [4.78, 5) is 0. The number of ether oxygens (including phenoxy) is 1. The van der Waals surface area contributed by atoms with E-state index >= 15 is 0 Å². The molecule has 0 bridgehead atoms. The molecule has 3 atom stereocenters. The zero-order chi connectivity index (χ0) is 12.1. The van der Waals surface area contributed by atoms with Crippen molar-refractivity contribution in [1.82, 2.24) is 0 Å². The first kappa shape index (κ1) is 13.1. The molecule has 0 spiro atoms. The number of aliphatic hydroxyl groups excluding tert-OH is 1. The Morgan fingerprint density at radius 1 is 0.941 bits per heavy atom. The molecule has 2 fully saturated rings. The van der Waals surface area contributed by atoms with Crippen LogP contribution in [0.15, 0.2) is 12.2 Å². The highest BCUT2D eigenvalue weighted by Gasteiger charge is 2.26. The summed E-state index contributed by atoms with van der Waals surface area (Å²) in [6, 6.07) is 0. The summed E-state index contributed by atoms with van der Waals surface area (Å²) < 4.78 is 5.39. The van der Waals surface area contributed by atoms with Gasteiger partial charge in [0.2, 0.25) is 0 Å². The van der Waals surface area contributed by atoms with Crippen LogP contribution in [0.4, 0.5) is 0 Å². The lowest BCUT2D eigenvalue weighted by Gasteiger charge is -2.30. The molecule has 98 valence electrons. The van der Waals surface area contributed by atoms with Crippen LogP contribution >= 0.6 is 0 Å². The Bertz CT molecular complexity index is 243. The van der Waals surface area contributed by atoms with Gasteiger partial charge in [-0.05, 0) is 43.9 Å². The minimum atomic E-state index is -0.172. The van der Waals surface area contributed by atoms with Crippen molar-refractivity contribution in [3.63, 3.8) is 0 Å². The van der Waals surface area contributed by atoms with Crippen molar-refractivity contribution < 1.29 is 9.84 Å². The Hall–Kier alpha value is -0.340. The molecule has 2 aliphatic carbocycles. The number of hydrogen-bond donors (Lipinski definition) is 1. The zero-order valence-corrected chi connectivity index (χ0v) is 11.0. The van der Waals surface area contributed by atoms with Gasteiger partial charge in [-0.25, -0.2) is 0 Å². The highest BCUT2D eigenvalue weighted by atomic mass is 16.5. The summed E-state index contributed by atoms with van der Waals surface area (Å²) in [6.07, 6.45) is 14.6. The van der Waals surface area contributed by atoms with Gasteiger partial charge in [-0.3, -0.25) is 0 Å². The normalized spacial score (nSPS) is 36.5. The van der Waals surface area contributed by atoms with E-state index in [1.165, 1.54) is 32.1 Å². The van der Waals surface area contributed by atoms with Crippen LogP contribution in [-0.4, -0.2) is 24.4 Å². The van der Waals surface area contributed by atoms with E-state index < -0.39 is 0 Å². The molecule has 3 unspecified atom stereocenters. The number of rotatable bonds is 3. The summed E-state index contributed by atoms with van der Waals surface area (Å²) in [5.74, 6) is 1.31. The second kappa shape index (κ2) is 6.55. The molecular formula is C15H26O2. The third kappa shape index (κ3) is 4.11. The molecule has 0 saturated heterocycles. The molecule has 0 aromatic rings. The standard InChI is InChI=1S/C15H26O2/c1-17-15-10-13(9-14(16)11-15)8-7-12-5-3-2-4-6-12/h7-8,12-16H,2-6,9-11H2,1H3/b8-7+. The maximum atomic E-state index is 9.80. The van der Waals surface area contributed by atoms with Gasteiger partial charge in [-0.1, -0.05) is 31.4 Å².